The van der Waals surface area contributed by atoms with E-state index in [1.807, 2.05) is 6.07 Å². The Bertz CT molecular complexity index is 972. The van der Waals surface area contributed by atoms with Crippen LogP contribution in [0.3, 0.4) is 0 Å². The summed E-state index contributed by atoms with van der Waals surface area (Å²) in [6.07, 6.45) is 0.401. The minimum atomic E-state index is -1.03. The van der Waals surface area contributed by atoms with E-state index in [1.165, 1.54) is 11.0 Å². The molecule has 0 saturated carbocycles. The van der Waals surface area contributed by atoms with E-state index < -0.39 is 12.1 Å². The summed E-state index contributed by atoms with van der Waals surface area (Å²) in [5, 5.41) is 11.0. The zero-order valence-corrected chi connectivity index (χ0v) is 15.5. The minimum Gasteiger partial charge on any atom is -0.444 e. The summed E-state index contributed by atoms with van der Waals surface area (Å²) in [7, 11) is 0. The lowest BCUT2D eigenvalue weighted by Gasteiger charge is -2.30. The maximum Gasteiger partial charge on any atom is 0.339 e. The number of tetrazole rings is 1. The van der Waals surface area contributed by atoms with Gasteiger partial charge in [-0.25, -0.2) is 9.48 Å². The quantitative estimate of drug-likeness (QED) is 0.605. The van der Waals surface area contributed by atoms with Crippen molar-refractivity contribution in [3.8, 4) is 5.69 Å². The lowest BCUT2D eigenvalue weighted by atomic mass is 10.1. The van der Waals surface area contributed by atoms with Gasteiger partial charge in [-0.3, -0.25) is 4.79 Å². The van der Waals surface area contributed by atoms with Gasteiger partial charge >= 0.3 is 5.97 Å². The fraction of sp³-hybridized carbons (Fsp3) is 0.250. The molecule has 9 nitrogen and oxygen atoms in total. The van der Waals surface area contributed by atoms with Gasteiger partial charge in [0, 0.05) is 18.7 Å². The fourth-order valence-electron chi connectivity index (χ4n) is 3.07. The summed E-state index contributed by atoms with van der Waals surface area (Å²) in [6.45, 7) is 1.87. The third kappa shape index (κ3) is 4.30. The molecule has 3 aromatic rings. The van der Waals surface area contributed by atoms with Crippen molar-refractivity contribution in [1.29, 1.82) is 0 Å². The Morgan fingerprint density at radius 3 is 2.55 bits per heavy atom. The van der Waals surface area contributed by atoms with Crippen molar-refractivity contribution in [2.45, 2.75) is 6.10 Å². The molecule has 29 heavy (non-hydrogen) atoms. The predicted molar refractivity (Wildman–Crippen MR) is 101 cm³/mol. The Morgan fingerprint density at radius 1 is 1.03 bits per heavy atom. The molecule has 0 N–H and O–H groups in total. The van der Waals surface area contributed by atoms with Crippen LogP contribution in [0.2, 0.25) is 0 Å². The summed E-state index contributed by atoms with van der Waals surface area (Å²) in [5.74, 6) is -0.861. The van der Waals surface area contributed by atoms with Gasteiger partial charge < -0.3 is 14.4 Å². The number of hydrogen-bond donors (Lipinski definition) is 0. The molecule has 4 rings (SSSR count). The Hall–Kier alpha value is -3.59. The Balaban J connectivity index is 1.58. The van der Waals surface area contributed by atoms with Crippen LogP contribution in [0.5, 0.6) is 0 Å². The zero-order valence-electron chi connectivity index (χ0n) is 15.5. The lowest BCUT2D eigenvalue weighted by molar-refractivity contribution is -0.145. The Kier molecular flexibility index (Phi) is 5.57. The monoisotopic (exact) mass is 393 g/mol. The van der Waals surface area contributed by atoms with Gasteiger partial charge in [0.05, 0.1) is 24.5 Å². The first-order valence-corrected chi connectivity index (χ1v) is 9.18. The molecule has 0 aliphatic carbocycles. The number of rotatable bonds is 5. The number of ether oxygens (including phenoxy) is 2. The highest BCUT2D eigenvalue weighted by atomic mass is 16.5. The highest BCUT2D eigenvalue weighted by Crippen LogP contribution is 2.23. The first-order chi connectivity index (χ1) is 14.2. The van der Waals surface area contributed by atoms with Gasteiger partial charge in [0.2, 0.25) is 6.10 Å². The minimum absolute atomic E-state index is 0.260. The van der Waals surface area contributed by atoms with E-state index in [2.05, 4.69) is 15.5 Å². The smallest absolute Gasteiger partial charge is 0.339 e. The second-order valence-electron chi connectivity index (χ2n) is 6.44. The van der Waals surface area contributed by atoms with E-state index in [9.17, 15) is 9.59 Å². The number of morpholine rings is 1. The van der Waals surface area contributed by atoms with Crippen molar-refractivity contribution in [1.82, 2.24) is 25.1 Å². The van der Waals surface area contributed by atoms with Crippen LogP contribution in [0.1, 0.15) is 22.0 Å². The number of nitrogens with zero attached hydrogens (tertiary/aromatic N) is 5. The SMILES string of the molecule is O=C(OC(C(=O)N1CCOCC1)c1ccccc1)c1cccc(-n2cnnn2)c1. The highest BCUT2D eigenvalue weighted by Gasteiger charge is 2.30. The molecule has 1 amide bonds. The fourth-order valence-corrected chi connectivity index (χ4v) is 3.07. The largest absolute Gasteiger partial charge is 0.444 e. The maximum absolute atomic E-state index is 13.1. The molecule has 1 saturated heterocycles. The Labute approximate surface area is 166 Å². The molecule has 0 spiro atoms. The molecule has 1 atom stereocenters. The van der Waals surface area contributed by atoms with E-state index in [4.69, 9.17) is 9.47 Å². The molecule has 2 heterocycles. The van der Waals surface area contributed by atoms with Crippen LogP contribution in [-0.2, 0) is 14.3 Å². The Morgan fingerprint density at radius 2 is 1.83 bits per heavy atom. The molecule has 148 valence electrons. The van der Waals surface area contributed by atoms with E-state index in [1.54, 1.807) is 53.4 Å². The maximum atomic E-state index is 13.1. The van der Waals surface area contributed by atoms with Gasteiger partial charge in [0.15, 0.2) is 0 Å². The third-order valence-corrected chi connectivity index (χ3v) is 4.57. The number of carbonyl (C=O) groups is 2. The molecule has 0 bridgehead atoms. The van der Waals surface area contributed by atoms with Crippen LogP contribution >= 0.6 is 0 Å². The summed E-state index contributed by atoms with van der Waals surface area (Å²) in [5.41, 5.74) is 1.53. The molecule has 1 aliphatic heterocycles. The van der Waals surface area contributed by atoms with Crippen molar-refractivity contribution >= 4 is 11.9 Å². The van der Waals surface area contributed by atoms with Gasteiger partial charge in [0.25, 0.3) is 5.91 Å². The van der Waals surface area contributed by atoms with E-state index in [0.29, 0.717) is 43.1 Å². The molecule has 2 aromatic carbocycles. The number of hydrogen-bond acceptors (Lipinski definition) is 7. The second-order valence-corrected chi connectivity index (χ2v) is 6.44. The highest BCUT2D eigenvalue weighted by molar-refractivity contribution is 5.93. The van der Waals surface area contributed by atoms with Crippen LogP contribution in [0.15, 0.2) is 60.9 Å². The van der Waals surface area contributed by atoms with Crippen molar-refractivity contribution in [3.05, 3.63) is 72.1 Å². The van der Waals surface area contributed by atoms with Crippen molar-refractivity contribution in [3.63, 3.8) is 0 Å². The van der Waals surface area contributed by atoms with Crippen LogP contribution < -0.4 is 0 Å². The van der Waals surface area contributed by atoms with Gasteiger partial charge in [0.1, 0.15) is 6.33 Å². The first kappa shape index (κ1) is 18.8. The summed E-state index contributed by atoms with van der Waals surface area (Å²) in [6, 6.07) is 15.7. The summed E-state index contributed by atoms with van der Waals surface area (Å²) >= 11 is 0. The normalized spacial score (nSPS) is 15.0. The predicted octanol–water partition coefficient (Wildman–Crippen LogP) is 1.42. The standard InChI is InChI=1S/C20H19N5O4/c26-19(24-9-11-28-12-10-24)18(15-5-2-1-3-6-15)29-20(27)16-7-4-8-17(13-16)25-14-21-22-23-25/h1-8,13-14,18H,9-12H2. The number of amides is 1. The van der Waals surface area contributed by atoms with Gasteiger partial charge in [-0.2, -0.15) is 0 Å². The summed E-state index contributed by atoms with van der Waals surface area (Å²) in [4.78, 5) is 27.6. The molecular formula is C20H19N5O4. The van der Waals surface area contributed by atoms with Crippen LogP contribution in [-0.4, -0.2) is 63.3 Å². The zero-order chi connectivity index (χ0) is 20.1. The molecule has 0 radical (unpaired) electrons. The van der Waals surface area contributed by atoms with Crippen molar-refractivity contribution in [2.75, 3.05) is 26.3 Å². The number of esters is 1. The molecule has 1 fully saturated rings. The molecule has 1 aromatic heterocycles. The third-order valence-electron chi connectivity index (χ3n) is 4.57. The van der Waals surface area contributed by atoms with Gasteiger partial charge in [-0.15, -0.1) is 5.10 Å². The molecule has 1 aliphatic rings. The van der Waals surface area contributed by atoms with E-state index >= 15 is 0 Å². The number of carbonyl (C=O) groups excluding carboxylic acids is 2. The number of benzene rings is 2. The van der Waals surface area contributed by atoms with Gasteiger partial charge in [-0.05, 0) is 28.6 Å². The molecule has 1 unspecified atom stereocenters. The summed E-state index contributed by atoms with van der Waals surface area (Å²) < 4.78 is 12.4. The lowest BCUT2D eigenvalue weighted by Crippen LogP contribution is -2.44. The average molecular weight is 393 g/mol. The second kappa shape index (κ2) is 8.61. The van der Waals surface area contributed by atoms with Crippen LogP contribution in [0, 0.1) is 0 Å². The molecular weight excluding hydrogens is 374 g/mol. The van der Waals surface area contributed by atoms with E-state index in [-0.39, 0.29) is 5.91 Å². The van der Waals surface area contributed by atoms with E-state index in [0.717, 1.165) is 0 Å². The van der Waals surface area contributed by atoms with Gasteiger partial charge in [-0.1, -0.05) is 36.4 Å². The first-order valence-electron chi connectivity index (χ1n) is 9.18. The van der Waals surface area contributed by atoms with Crippen LogP contribution in [0.4, 0.5) is 0 Å². The average Bonchev–Trinajstić information content (AvgIpc) is 3.33. The molecule has 9 heteroatoms. The number of aromatic nitrogens is 4. The van der Waals surface area contributed by atoms with Crippen molar-refractivity contribution in [2.24, 2.45) is 0 Å². The van der Waals surface area contributed by atoms with Crippen LogP contribution in [0.25, 0.3) is 5.69 Å². The van der Waals surface area contributed by atoms with Crippen molar-refractivity contribution < 1.29 is 19.1 Å². The topological polar surface area (TPSA) is 99.4 Å².